The van der Waals surface area contributed by atoms with E-state index in [4.69, 9.17) is 16.0 Å². The summed E-state index contributed by atoms with van der Waals surface area (Å²) in [5.41, 5.74) is 1.29. The Morgan fingerprint density at radius 1 is 1.47 bits per heavy atom. The van der Waals surface area contributed by atoms with Crippen molar-refractivity contribution in [1.29, 1.82) is 0 Å². The van der Waals surface area contributed by atoms with Crippen molar-refractivity contribution in [3.63, 3.8) is 0 Å². The van der Waals surface area contributed by atoms with Gasteiger partial charge in [-0.2, -0.15) is 0 Å². The van der Waals surface area contributed by atoms with Gasteiger partial charge in [0.15, 0.2) is 5.58 Å². The minimum absolute atomic E-state index is 0.355. The number of nitrogens with zero attached hydrogens (tertiary/aromatic N) is 1. The second-order valence-corrected chi connectivity index (χ2v) is 4.36. The van der Waals surface area contributed by atoms with E-state index in [1.54, 1.807) is 22.8 Å². The zero-order valence-corrected chi connectivity index (χ0v) is 10.5. The summed E-state index contributed by atoms with van der Waals surface area (Å²) in [4.78, 5) is 11.6. The third-order valence-electron chi connectivity index (χ3n) is 2.61. The molecule has 0 aliphatic rings. The lowest BCUT2D eigenvalue weighted by molar-refractivity contribution is 0.470. The van der Waals surface area contributed by atoms with Gasteiger partial charge in [-0.25, -0.2) is 4.79 Å². The summed E-state index contributed by atoms with van der Waals surface area (Å²) in [5.74, 6) is -0.355. The van der Waals surface area contributed by atoms with Crippen LogP contribution >= 0.6 is 11.6 Å². The van der Waals surface area contributed by atoms with Crippen molar-refractivity contribution in [3.05, 3.63) is 33.8 Å². The summed E-state index contributed by atoms with van der Waals surface area (Å²) in [6.07, 6.45) is 2.21. The fraction of sp³-hybridized carbons (Fsp3) is 0.417. The third-order valence-corrected chi connectivity index (χ3v) is 2.84. The van der Waals surface area contributed by atoms with Gasteiger partial charge in [-0.3, -0.25) is 9.88 Å². The minimum Gasteiger partial charge on any atom is -0.408 e. The van der Waals surface area contributed by atoms with E-state index in [0.717, 1.165) is 24.9 Å². The number of hydrogen-bond donors (Lipinski definition) is 1. The average molecular weight is 255 g/mol. The van der Waals surface area contributed by atoms with E-state index in [-0.39, 0.29) is 5.76 Å². The number of fused-ring (bicyclic) bond motifs is 1. The van der Waals surface area contributed by atoms with Crippen LogP contribution in [0, 0.1) is 0 Å². The Balaban J connectivity index is 2.23. The number of rotatable bonds is 5. The van der Waals surface area contributed by atoms with Gasteiger partial charge in [0.05, 0.1) is 12.2 Å². The van der Waals surface area contributed by atoms with Gasteiger partial charge in [-0.05, 0) is 31.2 Å². The summed E-state index contributed by atoms with van der Waals surface area (Å²) in [6, 6.07) is 5.16. The van der Waals surface area contributed by atoms with Crippen LogP contribution in [0.5, 0.6) is 0 Å². The number of unbranched alkanes of at least 4 members (excludes halogenated alkanes) is 1. The van der Waals surface area contributed by atoms with Gasteiger partial charge in [0, 0.05) is 5.02 Å². The van der Waals surface area contributed by atoms with Crippen molar-refractivity contribution in [2.24, 2.45) is 0 Å². The summed E-state index contributed by atoms with van der Waals surface area (Å²) >= 11 is 5.91. The molecule has 2 rings (SSSR count). The molecule has 92 valence electrons. The number of hydrogen-bond acceptors (Lipinski definition) is 3. The molecule has 1 N–H and O–H groups in total. The molecule has 0 bridgehead atoms. The van der Waals surface area contributed by atoms with Crippen molar-refractivity contribution in [2.45, 2.75) is 26.4 Å². The predicted molar refractivity (Wildman–Crippen MR) is 68.4 cm³/mol. The van der Waals surface area contributed by atoms with Crippen LogP contribution in [0.15, 0.2) is 27.4 Å². The highest BCUT2D eigenvalue weighted by Crippen LogP contribution is 2.17. The molecule has 0 aliphatic carbocycles. The Bertz CT molecular complexity index is 559. The smallest absolute Gasteiger partial charge is 0.408 e. The predicted octanol–water partition coefficient (Wildman–Crippen LogP) is 2.60. The van der Waals surface area contributed by atoms with E-state index in [0.29, 0.717) is 17.3 Å². The van der Waals surface area contributed by atoms with E-state index >= 15 is 0 Å². The number of oxazole rings is 1. The maximum Gasteiger partial charge on any atom is 0.421 e. The largest absolute Gasteiger partial charge is 0.421 e. The van der Waals surface area contributed by atoms with Gasteiger partial charge in [-0.1, -0.05) is 24.9 Å². The standard InChI is InChI=1S/C12H15ClN2O2/c1-2-3-6-14-8-15-10-7-9(13)4-5-11(10)17-12(15)16/h4-5,7,14H,2-3,6,8H2,1H3. The van der Waals surface area contributed by atoms with Crippen molar-refractivity contribution < 1.29 is 4.42 Å². The van der Waals surface area contributed by atoms with E-state index in [2.05, 4.69) is 12.2 Å². The average Bonchev–Trinajstić information content (AvgIpc) is 2.61. The van der Waals surface area contributed by atoms with Crippen LogP contribution in [-0.4, -0.2) is 11.1 Å². The molecule has 17 heavy (non-hydrogen) atoms. The first-order valence-corrected chi connectivity index (χ1v) is 6.10. The number of benzene rings is 1. The lowest BCUT2D eigenvalue weighted by Gasteiger charge is -2.04. The fourth-order valence-corrected chi connectivity index (χ4v) is 1.84. The lowest BCUT2D eigenvalue weighted by Crippen LogP contribution is -2.25. The fourth-order valence-electron chi connectivity index (χ4n) is 1.68. The molecule has 1 heterocycles. The topological polar surface area (TPSA) is 47.2 Å². The molecule has 2 aromatic rings. The Kier molecular flexibility index (Phi) is 3.86. The molecule has 0 atom stereocenters. The van der Waals surface area contributed by atoms with Crippen molar-refractivity contribution in [1.82, 2.24) is 9.88 Å². The van der Waals surface area contributed by atoms with E-state index < -0.39 is 0 Å². The highest BCUT2D eigenvalue weighted by atomic mass is 35.5. The molecule has 0 saturated heterocycles. The quantitative estimate of drug-likeness (QED) is 0.835. The zero-order valence-electron chi connectivity index (χ0n) is 9.70. The molecule has 0 saturated carbocycles. The number of aromatic nitrogens is 1. The Morgan fingerprint density at radius 2 is 2.29 bits per heavy atom. The van der Waals surface area contributed by atoms with Gasteiger partial charge in [0.2, 0.25) is 0 Å². The molecular weight excluding hydrogens is 240 g/mol. The van der Waals surface area contributed by atoms with Crippen LogP contribution in [0.4, 0.5) is 0 Å². The second kappa shape index (κ2) is 5.38. The van der Waals surface area contributed by atoms with Crippen molar-refractivity contribution in [3.8, 4) is 0 Å². The molecule has 1 aromatic carbocycles. The van der Waals surface area contributed by atoms with E-state index in [1.807, 2.05) is 0 Å². The van der Waals surface area contributed by atoms with Gasteiger partial charge in [0.1, 0.15) is 0 Å². The highest BCUT2D eigenvalue weighted by molar-refractivity contribution is 6.31. The van der Waals surface area contributed by atoms with Gasteiger partial charge in [-0.15, -0.1) is 0 Å². The maximum absolute atomic E-state index is 11.6. The molecular formula is C12H15ClN2O2. The maximum atomic E-state index is 11.6. The van der Waals surface area contributed by atoms with Crippen LogP contribution in [0.1, 0.15) is 19.8 Å². The van der Waals surface area contributed by atoms with Crippen molar-refractivity contribution >= 4 is 22.7 Å². The van der Waals surface area contributed by atoms with Gasteiger partial charge >= 0.3 is 5.76 Å². The Morgan fingerprint density at radius 3 is 3.06 bits per heavy atom. The summed E-state index contributed by atoms with van der Waals surface area (Å²) < 4.78 is 6.67. The van der Waals surface area contributed by atoms with Crippen LogP contribution < -0.4 is 11.1 Å². The minimum atomic E-state index is -0.355. The van der Waals surface area contributed by atoms with E-state index in [1.165, 1.54) is 0 Å². The van der Waals surface area contributed by atoms with Gasteiger partial charge < -0.3 is 4.42 Å². The SMILES string of the molecule is CCCCNCn1c(=O)oc2ccc(Cl)cc21. The van der Waals surface area contributed by atoms with Gasteiger partial charge in [0.25, 0.3) is 0 Å². The highest BCUT2D eigenvalue weighted by Gasteiger charge is 2.08. The summed E-state index contributed by atoms with van der Waals surface area (Å²) in [7, 11) is 0. The summed E-state index contributed by atoms with van der Waals surface area (Å²) in [5, 5.41) is 3.80. The normalized spacial score (nSPS) is 11.2. The first-order chi connectivity index (χ1) is 8.22. The van der Waals surface area contributed by atoms with E-state index in [9.17, 15) is 4.79 Å². The molecule has 5 heteroatoms. The van der Waals surface area contributed by atoms with Crippen LogP contribution in [0.3, 0.4) is 0 Å². The Hall–Kier alpha value is -1.26. The molecule has 1 aromatic heterocycles. The monoisotopic (exact) mass is 254 g/mol. The Labute approximate surface area is 104 Å². The summed E-state index contributed by atoms with van der Waals surface area (Å²) in [6.45, 7) is 3.46. The third kappa shape index (κ3) is 2.70. The molecule has 0 aliphatic heterocycles. The number of halogens is 1. The van der Waals surface area contributed by atoms with Crippen LogP contribution in [-0.2, 0) is 6.67 Å². The molecule has 0 radical (unpaired) electrons. The second-order valence-electron chi connectivity index (χ2n) is 3.92. The molecule has 4 nitrogen and oxygen atoms in total. The van der Waals surface area contributed by atoms with Crippen molar-refractivity contribution in [2.75, 3.05) is 6.54 Å². The lowest BCUT2D eigenvalue weighted by atomic mass is 10.3. The van der Waals surface area contributed by atoms with Crippen LogP contribution in [0.25, 0.3) is 11.1 Å². The molecule has 0 amide bonds. The molecule has 0 unspecified atom stereocenters. The molecule has 0 spiro atoms. The first kappa shape index (κ1) is 12.2. The molecule has 0 fully saturated rings. The first-order valence-electron chi connectivity index (χ1n) is 5.72. The zero-order chi connectivity index (χ0) is 12.3. The van der Waals surface area contributed by atoms with Crippen LogP contribution in [0.2, 0.25) is 5.02 Å². The number of nitrogens with one attached hydrogen (secondary N) is 1.